The molecule has 106 valence electrons. The van der Waals surface area contributed by atoms with Crippen LogP contribution in [-0.4, -0.2) is 35.1 Å². The number of carbonyl (C=O) groups is 1. The van der Waals surface area contributed by atoms with Gasteiger partial charge in [0, 0.05) is 24.6 Å². The first kappa shape index (κ1) is 13.1. The van der Waals surface area contributed by atoms with E-state index in [1.54, 1.807) is 12.4 Å². The van der Waals surface area contributed by atoms with E-state index >= 15 is 0 Å². The van der Waals surface area contributed by atoms with Gasteiger partial charge < -0.3 is 15.0 Å². The lowest BCUT2D eigenvalue weighted by molar-refractivity contribution is 0.0827. The molecule has 2 N–H and O–H groups in total. The van der Waals surface area contributed by atoms with Crippen molar-refractivity contribution in [1.29, 1.82) is 0 Å². The van der Waals surface area contributed by atoms with Crippen LogP contribution < -0.4 is 5.32 Å². The smallest absolute Gasteiger partial charge is 0.251 e. The van der Waals surface area contributed by atoms with Crippen molar-refractivity contribution in [3.05, 3.63) is 30.1 Å². The maximum absolute atomic E-state index is 12.2. The first-order valence-electron chi connectivity index (χ1n) is 7.11. The van der Waals surface area contributed by atoms with Crippen molar-refractivity contribution >= 4 is 16.9 Å². The number of fused-ring (bicyclic) bond motifs is 1. The summed E-state index contributed by atoms with van der Waals surface area (Å²) >= 11 is 0. The zero-order valence-electron chi connectivity index (χ0n) is 11.6. The zero-order chi connectivity index (χ0) is 13.9. The van der Waals surface area contributed by atoms with Gasteiger partial charge in [-0.1, -0.05) is 6.92 Å². The standard InChI is InChI=1S/C15H19N3O2/c1-2-14-11(5-6-20-14)8-16-15(19)10-3-4-12-13(7-10)18-9-17-12/h3-4,7,9,11,14H,2,5-6,8H2,1H3,(H,16,19)(H,17,18). The number of rotatable bonds is 4. The Morgan fingerprint density at radius 3 is 3.30 bits per heavy atom. The molecule has 1 aromatic carbocycles. The second-order valence-corrected chi connectivity index (χ2v) is 5.21. The Balaban J connectivity index is 1.63. The van der Waals surface area contributed by atoms with E-state index in [1.165, 1.54) is 0 Å². The molecule has 2 unspecified atom stereocenters. The van der Waals surface area contributed by atoms with E-state index in [2.05, 4.69) is 22.2 Å². The number of hydrogen-bond acceptors (Lipinski definition) is 3. The van der Waals surface area contributed by atoms with Crippen LogP contribution in [0, 0.1) is 5.92 Å². The fraction of sp³-hybridized carbons (Fsp3) is 0.467. The second-order valence-electron chi connectivity index (χ2n) is 5.21. The summed E-state index contributed by atoms with van der Waals surface area (Å²) in [7, 11) is 0. The van der Waals surface area contributed by atoms with E-state index in [0.717, 1.165) is 30.5 Å². The lowest BCUT2D eigenvalue weighted by Gasteiger charge is -2.17. The number of imidazole rings is 1. The van der Waals surface area contributed by atoms with Crippen LogP contribution in [0.2, 0.25) is 0 Å². The average Bonchev–Trinajstić information content (AvgIpc) is 3.12. The van der Waals surface area contributed by atoms with E-state index in [9.17, 15) is 4.79 Å². The number of benzene rings is 1. The molecule has 1 aliphatic rings. The van der Waals surface area contributed by atoms with Crippen molar-refractivity contribution in [3.8, 4) is 0 Å². The number of aromatic nitrogens is 2. The first-order valence-corrected chi connectivity index (χ1v) is 7.11. The van der Waals surface area contributed by atoms with Crippen molar-refractivity contribution in [2.45, 2.75) is 25.9 Å². The summed E-state index contributed by atoms with van der Waals surface area (Å²) < 4.78 is 5.64. The van der Waals surface area contributed by atoms with Gasteiger partial charge in [0.15, 0.2) is 0 Å². The van der Waals surface area contributed by atoms with Crippen molar-refractivity contribution in [2.75, 3.05) is 13.2 Å². The predicted molar refractivity (Wildman–Crippen MR) is 76.6 cm³/mol. The highest BCUT2D eigenvalue weighted by Gasteiger charge is 2.26. The molecule has 5 heteroatoms. The summed E-state index contributed by atoms with van der Waals surface area (Å²) in [6, 6.07) is 5.50. The van der Waals surface area contributed by atoms with Gasteiger partial charge in [0.1, 0.15) is 0 Å². The highest BCUT2D eigenvalue weighted by molar-refractivity contribution is 5.97. The van der Waals surface area contributed by atoms with Crippen LogP contribution >= 0.6 is 0 Å². The quantitative estimate of drug-likeness (QED) is 0.896. The molecular formula is C15H19N3O2. The van der Waals surface area contributed by atoms with Crippen molar-refractivity contribution in [1.82, 2.24) is 15.3 Å². The summed E-state index contributed by atoms with van der Waals surface area (Å²) in [5.41, 5.74) is 2.42. The SMILES string of the molecule is CCC1OCCC1CNC(=O)c1ccc2nc[nH]c2c1. The van der Waals surface area contributed by atoms with Gasteiger partial charge in [0.05, 0.1) is 23.5 Å². The molecule has 1 amide bonds. The number of nitrogens with one attached hydrogen (secondary N) is 2. The molecule has 20 heavy (non-hydrogen) atoms. The number of hydrogen-bond donors (Lipinski definition) is 2. The van der Waals surface area contributed by atoms with Gasteiger partial charge in [-0.3, -0.25) is 4.79 Å². The highest BCUT2D eigenvalue weighted by atomic mass is 16.5. The minimum absolute atomic E-state index is 0.0387. The van der Waals surface area contributed by atoms with E-state index < -0.39 is 0 Å². The molecule has 2 aromatic rings. The van der Waals surface area contributed by atoms with Gasteiger partial charge in [-0.25, -0.2) is 4.98 Å². The molecule has 1 saturated heterocycles. The molecule has 1 fully saturated rings. The third kappa shape index (κ3) is 2.54. The number of H-pyrrole nitrogens is 1. The van der Waals surface area contributed by atoms with Crippen molar-refractivity contribution in [3.63, 3.8) is 0 Å². The van der Waals surface area contributed by atoms with Crippen LogP contribution in [0.15, 0.2) is 24.5 Å². The number of nitrogens with zero attached hydrogens (tertiary/aromatic N) is 1. The van der Waals surface area contributed by atoms with Gasteiger partial charge in [-0.2, -0.15) is 0 Å². The van der Waals surface area contributed by atoms with E-state index in [1.807, 2.05) is 12.1 Å². The van der Waals surface area contributed by atoms with E-state index in [0.29, 0.717) is 18.0 Å². The Labute approximate surface area is 117 Å². The van der Waals surface area contributed by atoms with Crippen LogP contribution in [0.1, 0.15) is 30.1 Å². The van der Waals surface area contributed by atoms with Gasteiger partial charge in [-0.05, 0) is 31.0 Å². The van der Waals surface area contributed by atoms with E-state index in [4.69, 9.17) is 4.74 Å². The van der Waals surface area contributed by atoms with Crippen molar-refractivity contribution in [2.24, 2.45) is 5.92 Å². The normalized spacial score (nSPS) is 22.2. The summed E-state index contributed by atoms with van der Waals surface area (Å²) in [6.07, 6.45) is 3.94. The summed E-state index contributed by atoms with van der Waals surface area (Å²) in [6.45, 7) is 3.61. The lowest BCUT2D eigenvalue weighted by Crippen LogP contribution is -2.32. The van der Waals surface area contributed by atoms with E-state index in [-0.39, 0.29) is 12.0 Å². The highest BCUT2D eigenvalue weighted by Crippen LogP contribution is 2.22. The third-order valence-corrected chi connectivity index (χ3v) is 3.96. The van der Waals surface area contributed by atoms with Crippen LogP contribution in [0.3, 0.4) is 0 Å². The number of ether oxygens (including phenoxy) is 1. The molecule has 0 radical (unpaired) electrons. The molecule has 0 saturated carbocycles. The van der Waals surface area contributed by atoms with Gasteiger partial charge >= 0.3 is 0 Å². The van der Waals surface area contributed by atoms with Gasteiger partial charge in [0.25, 0.3) is 5.91 Å². The zero-order valence-corrected chi connectivity index (χ0v) is 11.6. The molecule has 0 aliphatic carbocycles. The third-order valence-electron chi connectivity index (χ3n) is 3.96. The Morgan fingerprint density at radius 2 is 2.45 bits per heavy atom. The molecule has 0 bridgehead atoms. The van der Waals surface area contributed by atoms with Crippen LogP contribution in [0.4, 0.5) is 0 Å². The molecule has 1 aliphatic heterocycles. The number of aromatic amines is 1. The molecule has 0 spiro atoms. The fourth-order valence-corrected chi connectivity index (χ4v) is 2.78. The monoisotopic (exact) mass is 273 g/mol. The van der Waals surface area contributed by atoms with Crippen LogP contribution in [-0.2, 0) is 4.74 Å². The van der Waals surface area contributed by atoms with Gasteiger partial charge in [0.2, 0.25) is 0 Å². The summed E-state index contributed by atoms with van der Waals surface area (Å²) in [4.78, 5) is 19.3. The Bertz CT molecular complexity index is 608. The number of amides is 1. The summed E-state index contributed by atoms with van der Waals surface area (Å²) in [5.74, 6) is 0.392. The average molecular weight is 273 g/mol. The molecule has 3 rings (SSSR count). The fourth-order valence-electron chi connectivity index (χ4n) is 2.78. The minimum atomic E-state index is -0.0387. The molecular weight excluding hydrogens is 254 g/mol. The van der Waals surface area contributed by atoms with Crippen molar-refractivity contribution < 1.29 is 9.53 Å². The number of carbonyl (C=O) groups excluding carboxylic acids is 1. The van der Waals surface area contributed by atoms with Crippen LogP contribution in [0.5, 0.6) is 0 Å². The molecule has 1 aromatic heterocycles. The Kier molecular flexibility index (Phi) is 3.69. The molecule has 2 atom stereocenters. The minimum Gasteiger partial charge on any atom is -0.378 e. The maximum atomic E-state index is 12.2. The second kappa shape index (κ2) is 5.63. The first-order chi connectivity index (χ1) is 9.78. The molecule has 5 nitrogen and oxygen atoms in total. The summed E-state index contributed by atoms with van der Waals surface area (Å²) in [5, 5.41) is 3.01. The van der Waals surface area contributed by atoms with Gasteiger partial charge in [-0.15, -0.1) is 0 Å². The topological polar surface area (TPSA) is 67.0 Å². The lowest BCUT2D eigenvalue weighted by atomic mass is 9.99. The molecule has 2 heterocycles. The van der Waals surface area contributed by atoms with Crippen LogP contribution in [0.25, 0.3) is 11.0 Å². The maximum Gasteiger partial charge on any atom is 0.251 e. The Morgan fingerprint density at radius 1 is 1.55 bits per heavy atom. The Hall–Kier alpha value is -1.88. The largest absolute Gasteiger partial charge is 0.378 e. The predicted octanol–water partition coefficient (Wildman–Crippen LogP) is 2.11.